The summed E-state index contributed by atoms with van der Waals surface area (Å²) in [5.41, 5.74) is 2.62. The Morgan fingerprint density at radius 2 is 1.54 bits per heavy atom. The minimum absolute atomic E-state index is 0.0992. The predicted octanol–water partition coefficient (Wildman–Crippen LogP) is 5.50. The fraction of sp³-hybridized carbons (Fsp3) is 0.0435. The molecule has 0 aliphatic carbocycles. The van der Waals surface area contributed by atoms with Gasteiger partial charge in [-0.1, -0.05) is 60.7 Å². The summed E-state index contributed by atoms with van der Waals surface area (Å²) in [5.74, 6) is -0.376. The van der Waals surface area contributed by atoms with E-state index in [-0.39, 0.29) is 11.7 Å². The lowest BCUT2D eigenvalue weighted by Gasteiger charge is -2.15. The average Bonchev–Trinajstić information content (AvgIpc) is 3.04. The Kier molecular flexibility index (Phi) is 5.35. The van der Waals surface area contributed by atoms with Gasteiger partial charge in [-0.25, -0.2) is 4.39 Å². The lowest BCUT2D eigenvalue weighted by atomic mass is 10.2. The van der Waals surface area contributed by atoms with E-state index in [4.69, 9.17) is 0 Å². The van der Waals surface area contributed by atoms with Gasteiger partial charge in [0.1, 0.15) is 5.82 Å². The van der Waals surface area contributed by atoms with Crippen molar-refractivity contribution in [1.82, 2.24) is 0 Å². The van der Waals surface area contributed by atoms with Crippen LogP contribution in [0.15, 0.2) is 94.8 Å². The van der Waals surface area contributed by atoms with Gasteiger partial charge in [-0.15, -0.1) is 0 Å². The summed E-state index contributed by atoms with van der Waals surface area (Å²) in [6.45, 7) is 0.373. The number of nitrogens with zero attached hydrogens (tertiary/aromatic N) is 2. The molecule has 0 radical (unpaired) electrons. The molecule has 1 amide bonds. The van der Waals surface area contributed by atoms with Crippen molar-refractivity contribution in [3.8, 4) is 0 Å². The number of anilines is 1. The van der Waals surface area contributed by atoms with Crippen LogP contribution in [0.25, 0.3) is 6.08 Å². The fourth-order valence-corrected chi connectivity index (χ4v) is 3.81. The predicted molar refractivity (Wildman–Crippen MR) is 113 cm³/mol. The summed E-state index contributed by atoms with van der Waals surface area (Å²) >= 11 is 1.35. The van der Waals surface area contributed by atoms with E-state index < -0.39 is 0 Å². The zero-order valence-corrected chi connectivity index (χ0v) is 15.8. The molecule has 28 heavy (non-hydrogen) atoms. The summed E-state index contributed by atoms with van der Waals surface area (Å²) in [6, 6.07) is 25.4. The molecule has 1 saturated heterocycles. The highest BCUT2D eigenvalue weighted by molar-refractivity contribution is 8.19. The van der Waals surface area contributed by atoms with E-state index in [0.29, 0.717) is 16.6 Å². The molecule has 0 spiro atoms. The highest BCUT2D eigenvalue weighted by Gasteiger charge is 2.34. The van der Waals surface area contributed by atoms with Gasteiger partial charge in [-0.05, 0) is 53.2 Å². The molecule has 0 atom stereocenters. The van der Waals surface area contributed by atoms with Gasteiger partial charge in [0.2, 0.25) is 0 Å². The van der Waals surface area contributed by atoms with Crippen molar-refractivity contribution < 1.29 is 9.18 Å². The van der Waals surface area contributed by atoms with E-state index >= 15 is 0 Å². The van der Waals surface area contributed by atoms with Gasteiger partial charge >= 0.3 is 0 Å². The first-order valence-corrected chi connectivity index (χ1v) is 9.65. The average molecular weight is 388 g/mol. The van der Waals surface area contributed by atoms with Crippen LogP contribution in [0.5, 0.6) is 0 Å². The quantitative estimate of drug-likeness (QED) is 0.553. The van der Waals surface area contributed by atoms with Crippen LogP contribution in [0.2, 0.25) is 0 Å². The molecular weight excluding hydrogens is 371 g/mol. The monoisotopic (exact) mass is 388 g/mol. The number of rotatable bonds is 4. The van der Waals surface area contributed by atoms with Gasteiger partial charge in [-0.3, -0.25) is 14.7 Å². The molecule has 0 saturated carbocycles. The second-order valence-corrected chi connectivity index (χ2v) is 7.23. The number of benzene rings is 3. The number of carbonyl (C=O) groups excluding carboxylic acids is 1. The molecule has 0 bridgehead atoms. The normalized spacial score (nSPS) is 16.9. The molecule has 0 N–H and O–H groups in total. The van der Waals surface area contributed by atoms with Gasteiger partial charge in [0.15, 0.2) is 5.17 Å². The Morgan fingerprint density at radius 3 is 2.21 bits per heavy atom. The third kappa shape index (κ3) is 4.05. The number of amides is 1. The number of carbonyl (C=O) groups is 1. The van der Waals surface area contributed by atoms with Crippen LogP contribution in [0.4, 0.5) is 10.1 Å². The minimum atomic E-state index is -0.277. The molecule has 3 aromatic rings. The largest absolute Gasteiger partial charge is 0.271 e. The lowest BCUT2D eigenvalue weighted by Crippen LogP contribution is -2.28. The van der Waals surface area contributed by atoms with Crippen molar-refractivity contribution in [1.29, 1.82) is 0 Å². The number of aliphatic imine (C=N–C) groups is 1. The molecule has 1 fully saturated rings. The van der Waals surface area contributed by atoms with Crippen LogP contribution in [-0.4, -0.2) is 11.1 Å². The molecule has 0 aromatic heterocycles. The van der Waals surface area contributed by atoms with Crippen LogP contribution in [0.3, 0.4) is 0 Å². The molecule has 1 heterocycles. The van der Waals surface area contributed by atoms with Crippen LogP contribution >= 0.6 is 11.8 Å². The van der Waals surface area contributed by atoms with Crippen LogP contribution in [-0.2, 0) is 11.3 Å². The van der Waals surface area contributed by atoms with Crippen molar-refractivity contribution in [2.45, 2.75) is 6.54 Å². The van der Waals surface area contributed by atoms with Crippen LogP contribution < -0.4 is 4.90 Å². The van der Waals surface area contributed by atoms with Crippen molar-refractivity contribution in [3.63, 3.8) is 0 Å². The molecule has 1 aliphatic heterocycles. The number of hydrogen-bond donors (Lipinski definition) is 0. The number of thioether (sulfide) groups is 1. The lowest BCUT2D eigenvalue weighted by molar-refractivity contribution is -0.113. The fourth-order valence-electron chi connectivity index (χ4n) is 2.83. The first-order valence-electron chi connectivity index (χ1n) is 8.84. The second-order valence-electron chi connectivity index (χ2n) is 6.22. The third-order valence-electron chi connectivity index (χ3n) is 4.23. The van der Waals surface area contributed by atoms with Crippen molar-refractivity contribution in [3.05, 3.63) is 107 Å². The molecule has 3 aromatic carbocycles. The number of hydrogen-bond acceptors (Lipinski definition) is 3. The van der Waals surface area contributed by atoms with Gasteiger partial charge in [0.05, 0.1) is 17.1 Å². The minimum Gasteiger partial charge on any atom is -0.268 e. The molecule has 3 nitrogen and oxygen atoms in total. The first-order chi connectivity index (χ1) is 13.7. The summed E-state index contributed by atoms with van der Waals surface area (Å²) in [6.07, 6.45) is 1.88. The Morgan fingerprint density at radius 1 is 0.893 bits per heavy atom. The molecule has 0 unspecified atom stereocenters. The smallest absolute Gasteiger partial charge is 0.268 e. The van der Waals surface area contributed by atoms with Crippen molar-refractivity contribution in [2.24, 2.45) is 4.99 Å². The van der Waals surface area contributed by atoms with E-state index in [0.717, 1.165) is 16.8 Å². The Balaban J connectivity index is 1.67. The maximum absolute atomic E-state index is 13.1. The van der Waals surface area contributed by atoms with E-state index in [1.165, 1.54) is 23.9 Å². The second kappa shape index (κ2) is 8.23. The Bertz CT molecular complexity index is 1030. The summed E-state index contributed by atoms with van der Waals surface area (Å²) in [5, 5.41) is 0.614. The SMILES string of the molecule is O=C1/C(=C/c2ccccc2)SC(=NCc2ccc(F)cc2)N1c1ccccc1. The van der Waals surface area contributed by atoms with Crippen LogP contribution in [0, 0.1) is 5.82 Å². The highest BCUT2D eigenvalue weighted by atomic mass is 32.2. The first kappa shape index (κ1) is 18.2. The molecule has 4 rings (SSSR count). The molecular formula is C23H17FN2OS. The topological polar surface area (TPSA) is 32.7 Å². The maximum Gasteiger partial charge on any atom is 0.271 e. The standard InChI is InChI=1S/C23H17FN2OS/c24-19-13-11-18(12-14-19)16-25-23-26(20-9-5-2-6-10-20)22(27)21(28-23)15-17-7-3-1-4-8-17/h1-15H,16H2/b21-15-,25-23?. The van der Waals surface area contributed by atoms with Crippen LogP contribution in [0.1, 0.15) is 11.1 Å². The number of para-hydroxylation sites is 1. The highest BCUT2D eigenvalue weighted by Crippen LogP contribution is 2.36. The Labute approximate surface area is 167 Å². The summed E-state index contributed by atoms with van der Waals surface area (Å²) in [4.78, 5) is 20.0. The molecule has 5 heteroatoms. The van der Waals surface area contributed by atoms with Gasteiger partial charge in [0, 0.05) is 0 Å². The van der Waals surface area contributed by atoms with Gasteiger partial charge in [-0.2, -0.15) is 0 Å². The summed E-state index contributed by atoms with van der Waals surface area (Å²) in [7, 11) is 0. The van der Waals surface area contributed by atoms with E-state index in [1.54, 1.807) is 17.0 Å². The third-order valence-corrected chi connectivity index (χ3v) is 5.23. The van der Waals surface area contributed by atoms with E-state index in [1.807, 2.05) is 66.7 Å². The van der Waals surface area contributed by atoms with Crippen molar-refractivity contribution >= 4 is 34.6 Å². The number of halogens is 1. The maximum atomic E-state index is 13.1. The van der Waals surface area contributed by atoms with Gasteiger partial charge in [0.25, 0.3) is 5.91 Å². The van der Waals surface area contributed by atoms with Gasteiger partial charge < -0.3 is 0 Å². The zero-order chi connectivity index (χ0) is 19.3. The summed E-state index contributed by atoms with van der Waals surface area (Å²) < 4.78 is 13.1. The van der Waals surface area contributed by atoms with Crippen molar-refractivity contribution in [2.75, 3.05) is 4.90 Å². The molecule has 138 valence electrons. The number of amidine groups is 1. The van der Waals surface area contributed by atoms with E-state index in [2.05, 4.69) is 4.99 Å². The zero-order valence-electron chi connectivity index (χ0n) is 15.0. The van der Waals surface area contributed by atoms with E-state index in [9.17, 15) is 9.18 Å². The molecule has 1 aliphatic rings. The Hall–Kier alpha value is -3.18.